The quantitative estimate of drug-likeness (QED) is 0.159. The van der Waals surface area contributed by atoms with Gasteiger partial charge < -0.3 is 14.4 Å². The zero-order valence-corrected chi connectivity index (χ0v) is 28.6. The molecule has 0 atom stereocenters. The molecule has 53 heavy (non-hydrogen) atoms. The molecule has 0 amide bonds. The highest BCUT2D eigenvalue weighted by Gasteiger charge is 2.46. The zero-order valence-electron chi connectivity index (χ0n) is 49.8. The van der Waals surface area contributed by atoms with Gasteiger partial charge in [-0.25, -0.2) is 0 Å². The van der Waals surface area contributed by atoms with Gasteiger partial charge in [0.05, 0.1) is 69.9 Å². The molecule has 3 aliphatic heterocycles. The number of nitrogens with zero attached hydrogens (tertiary/aromatic N) is 4. The van der Waals surface area contributed by atoms with Crippen LogP contribution >= 0.6 is 11.3 Å². The summed E-state index contributed by atoms with van der Waals surface area (Å²) in [5.41, 5.74) is -6.16. The molecule has 0 saturated carbocycles. The number of thiophene rings is 1. The third-order valence-corrected chi connectivity index (χ3v) is 11.1. The minimum Gasteiger partial charge on any atom is -0.311 e. The predicted octanol–water partition coefficient (Wildman–Crippen LogP) is 10.7. The number of fused-ring (bicyclic) bond motifs is 12. The van der Waals surface area contributed by atoms with Gasteiger partial charge in [0, 0.05) is 53.7 Å². The lowest BCUT2D eigenvalue weighted by Gasteiger charge is -2.46. The van der Waals surface area contributed by atoms with Crippen LogP contribution in [-0.2, 0) is 5.41 Å². The van der Waals surface area contributed by atoms with Gasteiger partial charge in [-0.3, -0.25) is 0 Å². The molecule has 3 aliphatic rings. The van der Waals surface area contributed by atoms with Crippen LogP contribution in [0.2, 0.25) is 0 Å². The van der Waals surface area contributed by atoms with Crippen LogP contribution in [0.3, 0.4) is 0 Å². The number of hydrogen-bond acceptors (Lipinski definition) is 4. The lowest BCUT2D eigenvalue weighted by Crippen LogP contribution is -2.62. The third-order valence-electron chi connectivity index (χ3n) is 10.0. The summed E-state index contributed by atoms with van der Waals surface area (Å²) >= 11 is 0.742. The van der Waals surface area contributed by atoms with E-state index in [2.05, 4.69) is 0 Å². The van der Waals surface area contributed by atoms with Crippen molar-refractivity contribution in [2.24, 2.45) is 0 Å². The average Bonchev–Trinajstić information content (AvgIpc) is 3.98. The predicted molar refractivity (Wildman–Crippen MR) is 225 cm³/mol. The highest BCUT2D eigenvalue weighted by molar-refractivity contribution is 7.25. The standard InChI is InChI=1S/C47H31BN4S/c1-47(2,3)28-18-20-37-35(24-28)48-34-13-9-16-39-46(34)52(38-15-8-12-32-30-10-4-6-14-36(30)51(39)45(32)38)41-23-27(26-49)22-40(44(41)48)50(37)29-19-21-43-33(25-29)31-11-5-7-17-42(31)53-43/h4-25H,1-3H3/i4D,5D,6D,7D,8D,9D,10D,11D,12D,13D,14D,15D,16D,17D,18D,19D,20D,21D,22D,23D,24D,25D. The second kappa shape index (κ2) is 9.98. The van der Waals surface area contributed by atoms with Crippen molar-refractivity contribution >= 4 is 111 Å². The van der Waals surface area contributed by atoms with Gasteiger partial charge in [0.15, 0.2) is 0 Å². The van der Waals surface area contributed by atoms with Crippen LogP contribution in [0.25, 0.3) is 47.7 Å². The van der Waals surface area contributed by atoms with E-state index in [1.54, 1.807) is 20.8 Å². The van der Waals surface area contributed by atoms with E-state index in [0.29, 0.717) is 0 Å². The molecule has 9 aromatic rings. The molecule has 0 saturated heterocycles. The van der Waals surface area contributed by atoms with Gasteiger partial charge in [-0.05, 0) is 87.8 Å². The van der Waals surface area contributed by atoms with Crippen molar-refractivity contribution in [2.45, 2.75) is 26.2 Å². The molecule has 0 bridgehead atoms. The number of hydrogen-bond donors (Lipinski definition) is 0. The van der Waals surface area contributed by atoms with Crippen LogP contribution in [0.4, 0.5) is 34.1 Å². The summed E-state index contributed by atoms with van der Waals surface area (Å²) < 4.78 is 208. The summed E-state index contributed by atoms with van der Waals surface area (Å²) in [6, 6.07) is -12.8. The van der Waals surface area contributed by atoms with E-state index in [0.717, 1.165) is 16.2 Å². The van der Waals surface area contributed by atoms with E-state index in [-0.39, 0.29) is 81.0 Å². The first kappa shape index (κ1) is 15.4. The summed E-state index contributed by atoms with van der Waals surface area (Å²) in [6.45, 7) is 3.32. The number of para-hydroxylation sites is 3. The maximum absolute atomic E-state index is 11.1. The van der Waals surface area contributed by atoms with E-state index in [9.17, 15) is 25.8 Å². The van der Waals surface area contributed by atoms with Crippen LogP contribution < -0.4 is 26.2 Å². The monoisotopic (exact) mass is 716 g/mol. The Balaban J connectivity index is 1.38. The molecule has 6 heteroatoms. The second-order valence-corrected chi connectivity index (χ2v) is 15.0. The highest BCUT2D eigenvalue weighted by Crippen LogP contribution is 2.52. The van der Waals surface area contributed by atoms with Gasteiger partial charge in [-0.15, -0.1) is 11.3 Å². The minimum atomic E-state index is -1.70. The van der Waals surface area contributed by atoms with Crippen molar-refractivity contribution in [3.63, 3.8) is 0 Å². The maximum Gasteiger partial charge on any atom is 0.252 e. The molecule has 12 rings (SSSR count). The molecule has 248 valence electrons. The smallest absolute Gasteiger partial charge is 0.252 e. The molecule has 0 N–H and O–H groups in total. The number of rotatable bonds is 1. The molecular weight excluding hydrogens is 663 g/mol. The zero-order chi connectivity index (χ0) is 54.5. The SMILES string of the molecule is [2H]c1c([2H])c2c3c(c1[2H])-n1c4c([2H])c([2H])c([2H])c([2H])c4c4c([2H])c([2H])c([2H])c(c41)N3c1c([2H])c(C#N)c([2H])c3c1B2c1c([2H])c(C(C)(C)C)c([2H])c([2H])c1N3c1c([2H])c([2H])c2sc3c([2H])c([2H])c([2H])c([2H])c3c2c1[2H]. The summed E-state index contributed by atoms with van der Waals surface area (Å²) in [5, 5.41) is 10.1. The molecule has 0 aliphatic carbocycles. The lowest BCUT2D eigenvalue weighted by molar-refractivity contribution is 0.591. The minimum absolute atomic E-state index is 0.0311. The van der Waals surface area contributed by atoms with Gasteiger partial charge >= 0.3 is 0 Å². The number of benzene rings is 7. The summed E-state index contributed by atoms with van der Waals surface area (Å²) in [6.07, 6.45) is 0. The van der Waals surface area contributed by atoms with Crippen LogP contribution in [0.1, 0.15) is 62.1 Å². The number of anilines is 6. The van der Waals surface area contributed by atoms with E-state index >= 15 is 0 Å². The van der Waals surface area contributed by atoms with Crippen molar-refractivity contribution in [3.8, 4) is 11.8 Å². The normalized spacial score (nSPS) is 19.6. The molecule has 0 unspecified atom stereocenters. The van der Waals surface area contributed by atoms with E-state index in [4.69, 9.17) is 9.60 Å². The fraction of sp³-hybridized carbons (Fsp3) is 0.0851. The average molecular weight is 717 g/mol. The molecule has 4 nitrogen and oxygen atoms in total. The first-order chi connectivity index (χ1) is 35.1. The Morgan fingerprint density at radius 2 is 1.36 bits per heavy atom. The molecule has 5 heterocycles. The Labute approximate surface area is 342 Å². The van der Waals surface area contributed by atoms with Crippen molar-refractivity contribution < 1.29 is 30.2 Å². The number of aromatic nitrogens is 1. The van der Waals surface area contributed by atoms with E-state index in [1.807, 2.05) is 6.07 Å². The Hall–Kier alpha value is -6.29. The van der Waals surface area contributed by atoms with Crippen molar-refractivity contribution in [1.29, 1.82) is 5.26 Å². The van der Waals surface area contributed by atoms with Crippen LogP contribution in [0.5, 0.6) is 0 Å². The topological polar surface area (TPSA) is 35.2 Å². The molecule has 7 aromatic carbocycles. The summed E-state index contributed by atoms with van der Waals surface area (Å²) in [7, 11) is 0. The molecule has 0 spiro atoms. The first-order valence-corrected chi connectivity index (χ1v) is 17.3. The van der Waals surface area contributed by atoms with Crippen LogP contribution in [0, 0.1) is 11.3 Å². The largest absolute Gasteiger partial charge is 0.311 e. The van der Waals surface area contributed by atoms with Crippen molar-refractivity contribution in [2.75, 3.05) is 9.80 Å². The molecule has 0 fully saturated rings. The Kier molecular flexibility index (Phi) is 2.89. The van der Waals surface area contributed by atoms with Crippen molar-refractivity contribution in [3.05, 3.63) is 144 Å². The van der Waals surface area contributed by atoms with Crippen LogP contribution in [0.15, 0.2) is 133 Å². The lowest BCUT2D eigenvalue weighted by atomic mass is 9.33. The summed E-state index contributed by atoms with van der Waals surface area (Å²) in [5.74, 6) is 0. The Morgan fingerprint density at radius 3 is 2.21 bits per heavy atom. The first-order valence-electron chi connectivity index (χ1n) is 27.5. The maximum atomic E-state index is 11.1. The Morgan fingerprint density at radius 1 is 0.623 bits per heavy atom. The van der Waals surface area contributed by atoms with Crippen LogP contribution in [-0.4, -0.2) is 11.3 Å². The van der Waals surface area contributed by atoms with Crippen molar-refractivity contribution in [1.82, 2.24) is 4.57 Å². The number of nitriles is 1. The molecule has 2 aromatic heterocycles. The highest BCUT2D eigenvalue weighted by atomic mass is 32.1. The van der Waals surface area contributed by atoms with E-state index < -0.39 is 173 Å². The second-order valence-electron chi connectivity index (χ2n) is 13.9. The van der Waals surface area contributed by atoms with Gasteiger partial charge in [-0.1, -0.05) is 93.3 Å². The Bertz CT molecular complexity index is 4420. The summed E-state index contributed by atoms with van der Waals surface area (Å²) in [4.78, 5) is 2.16. The fourth-order valence-electron chi connectivity index (χ4n) is 7.82. The van der Waals surface area contributed by atoms with Gasteiger partial charge in [0.1, 0.15) is 0 Å². The molecular formula is C47H31BN4S. The van der Waals surface area contributed by atoms with E-state index in [1.165, 1.54) is 9.47 Å². The molecule has 0 radical (unpaired) electrons. The van der Waals surface area contributed by atoms with Gasteiger partial charge in [0.2, 0.25) is 0 Å². The van der Waals surface area contributed by atoms with Gasteiger partial charge in [0.25, 0.3) is 6.71 Å². The fourth-order valence-corrected chi connectivity index (χ4v) is 8.74. The third kappa shape index (κ3) is 3.70. The van der Waals surface area contributed by atoms with Gasteiger partial charge in [-0.2, -0.15) is 5.26 Å².